The topological polar surface area (TPSA) is 47.9 Å². The summed E-state index contributed by atoms with van der Waals surface area (Å²) in [5.41, 5.74) is 5.40. The van der Waals surface area contributed by atoms with Gasteiger partial charge >= 0.3 is 0 Å². The molecule has 0 atom stereocenters. The molecule has 2 rings (SSSR count). The van der Waals surface area contributed by atoms with Gasteiger partial charge in [-0.15, -0.1) is 12.4 Å². The third-order valence-electron chi connectivity index (χ3n) is 3.38. The van der Waals surface area contributed by atoms with E-state index in [1.165, 1.54) is 0 Å². The molecule has 0 radical (unpaired) electrons. The van der Waals surface area contributed by atoms with Crippen LogP contribution in [-0.4, -0.2) is 24.4 Å². The third-order valence-corrected chi connectivity index (χ3v) is 3.64. The van der Waals surface area contributed by atoms with Gasteiger partial charge in [0.2, 0.25) is 0 Å². The van der Waals surface area contributed by atoms with Crippen LogP contribution in [0.2, 0.25) is 5.02 Å². The van der Waals surface area contributed by atoms with Crippen molar-refractivity contribution in [2.24, 2.45) is 5.10 Å². The first-order valence-corrected chi connectivity index (χ1v) is 7.64. The Morgan fingerprint density at radius 3 is 2.35 bits per heavy atom. The van der Waals surface area contributed by atoms with Gasteiger partial charge in [-0.25, -0.2) is 0 Å². The van der Waals surface area contributed by atoms with E-state index in [4.69, 9.17) is 11.6 Å². The molecular weight excluding hydrogens is 333 g/mol. The number of hydrazone groups is 1. The summed E-state index contributed by atoms with van der Waals surface area (Å²) in [5.74, 6) is 0.214. The number of phenolic OH excluding ortho intramolecular Hbond substituents is 1. The van der Waals surface area contributed by atoms with E-state index in [1.54, 1.807) is 24.4 Å². The van der Waals surface area contributed by atoms with Gasteiger partial charge in [-0.1, -0.05) is 11.6 Å². The highest BCUT2D eigenvalue weighted by Crippen LogP contribution is 2.23. The van der Waals surface area contributed by atoms with Crippen molar-refractivity contribution >= 4 is 41.6 Å². The van der Waals surface area contributed by atoms with Crippen LogP contribution in [0.25, 0.3) is 0 Å². The van der Waals surface area contributed by atoms with E-state index < -0.39 is 0 Å². The molecule has 2 aromatic carbocycles. The first-order valence-electron chi connectivity index (χ1n) is 7.26. The fourth-order valence-electron chi connectivity index (χ4n) is 2.13. The Bertz CT molecular complexity index is 641. The maximum absolute atomic E-state index is 10.1. The number of rotatable bonds is 6. The molecule has 124 valence electrons. The van der Waals surface area contributed by atoms with Crippen molar-refractivity contribution in [2.45, 2.75) is 13.8 Å². The second-order valence-electron chi connectivity index (χ2n) is 4.79. The quantitative estimate of drug-likeness (QED) is 0.581. The zero-order valence-electron chi connectivity index (χ0n) is 13.2. The molecule has 0 unspecified atom stereocenters. The molecule has 0 bridgehead atoms. The first-order chi connectivity index (χ1) is 10.6. The summed E-state index contributed by atoms with van der Waals surface area (Å²) in [6, 6.07) is 12.8. The Morgan fingerprint density at radius 2 is 1.78 bits per heavy atom. The molecule has 0 aromatic heterocycles. The highest BCUT2D eigenvalue weighted by Gasteiger charge is 2.05. The summed E-state index contributed by atoms with van der Waals surface area (Å²) in [7, 11) is 0. The Kier molecular flexibility index (Phi) is 7.72. The predicted molar refractivity (Wildman–Crippen MR) is 102 cm³/mol. The van der Waals surface area contributed by atoms with Crippen LogP contribution in [0.4, 0.5) is 11.4 Å². The number of aromatic hydroxyl groups is 1. The predicted octanol–water partition coefficient (Wildman–Crippen LogP) is 4.76. The number of benzene rings is 2. The number of halogens is 2. The lowest BCUT2D eigenvalue weighted by molar-refractivity contribution is 0.474. The minimum absolute atomic E-state index is 0. The van der Waals surface area contributed by atoms with Crippen LogP contribution >= 0.6 is 24.0 Å². The van der Waals surface area contributed by atoms with Crippen LogP contribution < -0.4 is 10.3 Å². The fourth-order valence-corrected chi connectivity index (χ4v) is 2.25. The molecule has 6 heteroatoms. The Hall–Kier alpha value is -1.91. The second-order valence-corrected chi connectivity index (χ2v) is 5.23. The average molecular weight is 354 g/mol. The number of anilines is 2. The molecule has 23 heavy (non-hydrogen) atoms. The molecule has 0 amide bonds. The molecule has 4 nitrogen and oxygen atoms in total. The van der Waals surface area contributed by atoms with Crippen molar-refractivity contribution in [3.05, 3.63) is 53.1 Å². The van der Waals surface area contributed by atoms with Crippen LogP contribution in [0, 0.1) is 0 Å². The molecule has 0 aliphatic heterocycles. The lowest BCUT2D eigenvalue weighted by atomic mass is 10.2. The normalized spacial score (nSPS) is 10.4. The van der Waals surface area contributed by atoms with Gasteiger partial charge < -0.3 is 10.0 Å². The molecule has 0 saturated heterocycles. The maximum atomic E-state index is 10.1. The summed E-state index contributed by atoms with van der Waals surface area (Å²) in [4.78, 5) is 2.17. The van der Waals surface area contributed by atoms with Gasteiger partial charge in [0.05, 0.1) is 11.9 Å². The number of nitrogens with one attached hydrogen (secondary N) is 1. The summed E-state index contributed by atoms with van der Waals surface area (Å²) in [6.07, 6.45) is 1.59. The van der Waals surface area contributed by atoms with Crippen LogP contribution in [0.3, 0.4) is 0 Å². The van der Waals surface area contributed by atoms with Gasteiger partial charge in [-0.3, -0.25) is 5.43 Å². The van der Waals surface area contributed by atoms with Crippen molar-refractivity contribution in [1.82, 2.24) is 0 Å². The van der Waals surface area contributed by atoms with Crippen molar-refractivity contribution in [2.75, 3.05) is 23.4 Å². The zero-order valence-corrected chi connectivity index (χ0v) is 14.7. The largest absolute Gasteiger partial charge is 0.507 e. The van der Waals surface area contributed by atoms with Crippen LogP contribution in [-0.2, 0) is 0 Å². The molecule has 0 heterocycles. The van der Waals surface area contributed by atoms with Gasteiger partial charge in [-0.05, 0) is 50.2 Å². The summed E-state index contributed by atoms with van der Waals surface area (Å²) < 4.78 is 0. The van der Waals surface area contributed by atoms with Crippen molar-refractivity contribution in [3.63, 3.8) is 0 Å². The summed E-state index contributed by atoms with van der Waals surface area (Å²) in [5, 5.41) is 14.9. The van der Waals surface area contributed by atoms with Crippen molar-refractivity contribution in [1.29, 1.82) is 0 Å². The van der Waals surface area contributed by atoms with Gasteiger partial charge in [-0.2, -0.15) is 5.10 Å². The average Bonchev–Trinajstić information content (AvgIpc) is 2.52. The molecular formula is C17H21Cl2N3O. The fraction of sp³-hybridized carbons (Fsp3) is 0.235. The molecule has 0 aliphatic rings. The second kappa shape index (κ2) is 9.28. The van der Waals surface area contributed by atoms with E-state index in [9.17, 15) is 5.11 Å². The molecule has 2 aromatic rings. The van der Waals surface area contributed by atoms with Gasteiger partial charge in [0.1, 0.15) is 5.75 Å². The smallest absolute Gasteiger partial charge is 0.126 e. The number of phenols is 1. The van der Waals surface area contributed by atoms with Crippen molar-refractivity contribution in [3.8, 4) is 5.75 Å². The Balaban J connectivity index is 0.00000264. The van der Waals surface area contributed by atoms with Crippen LogP contribution in [0.5, 0.6) is 5.75 Å². The van der Waals surface area contributed by atoms with E-state index in [0.717, 1.165) is 24.5 Å². The Morgan fingerprint density at radius 1 is 1.13 bits per heavy atom. The standard InChI is InChI=1S/C17H20ClN3O.ClH/c1-3-21(4-2)16-10-5-13(17(22)11-16)12-19-20-15-8-6-14(18)7-9-15;/h5-12,20,22H,3-4H2,1-2H3;1H/b19-12+;. The van der Waals surface area contributed by atoms with Gasteiger partial charge in [0.25, 0.3) is 0 Å². The van der Waals surface area contributed by atoms with E-state index in [0.29, 0.717) is 10.6 Å². The lowest BCUT2D eigenvalue weighted by Crippen LogP contribution is -2.21. The molecule has 0 aliphatic carbocycles. The summed E-state index contributed by atoms with van der Waals surface area (Å²) >= 11 is 5.82. The Labute approximate surface area is 148 Å². The minimum atomic E-state index is 0. The molecule has 0 fully saturated rings. The van der Waals surface area contributed by atoms with E-state index in [-0.39, 0.29) is 18.2 Å². The summed E-state index contributed by atoms with van der Waals surface area (Å²) in [6.45, 7) is 5.99. The van der Waals surface area contributed by atoms with Crippen LogP contribution in [0.15, 0.2) is 47.6 Å². The monoisotopic (exact) mass is 353 g/mol. The minimum Gasteiger partial charge on any atom is -0.507 e. The maximum Gasteiger partial charge on any atom is 0.126 e. The van der Waals surface area contributed by atoms with E-state index in [1.807, 2.05) is 24.3 Å². The molecule has 0 spiro atoms. The number of nitrogens with zero attached hydrogens (tertiary/aromatic N) is 2. The van der Waals surface area contributed by atoms with Crippen LogP contribution in [0.1, 0.15) is 19.4 Å². The SMILES string of the molecule is CCN(CC)c1ccc(/C=N/Nc2ccc(Cl)cc2)c(O)c1.Cl. The lowest BCUT2D eigenvalue weighted by Gasteiger charge is -2.21. The van der Waals surface area contributed by atoms with E-state index in [2.05, 4.69) is 29.3 Å². The van der Waals surface area contributed by atoms with Gasteiger partial charge in [0.15, 0.2) is 0 Å². The van der Waals surface area contributed by atoms with E-state index >= 15 is 0 Å². The number of hydrogen-bond donors (Lipinski definition) is 2. The zero-order chi connectivity index (χ0) is 15.9. The molecule has 2 N–H and O–H groups in total. The number of hydrogen-bond acceptors (Lipinski definition) is 4. The molecule has 0 saturated carbocycles. The van der Waals surface area contributed by atoms with Gasteiger partial charge in [0, 0.05) is 35.4 Å². The highest BCUT2D eigenvalue weighted by atomic mass is 35.5. The highest BCUT2D eigenvalue weighted by molar-refractivity contribution is 6.30. The third kappa shape index (κ3) is 5.34. The van der Waals surface area contributed by atoms with Crippen molar-refractivity contribution < 1.29 is 5.11 Å². The first kappa shape index (κ1) is 19.1.